The molecule has 23 heavy (non-hydrogen) atoms. The van der Waals surface area contributed by atoms with Crippen LogP contribution in [0.25, 0.3) is 0 Å². The van der Waals surface area contributed by atoms with E-state index in [9.17, 15) is 19.2 Å². The minimum Gasteiger partial charge on any atom is -0.464 e. The van der Waals surface area contributed by atoms with Gasteiger partial charge in [0.1, 0.15) is 10.7 Å². The van der Waals surface area contributed by atoms with E-state index in [-0.39, 0.29) is 28.5 Å². The second-order valence-electron chi connectivity index (χ2n) is 4.83. The van der Waals surface area contributed by atoms with Gasteiger partial charge >= 0.3 is 5.97 Å². The maximum atomic E-state index is 12.5. The number of ketones is 3. The van der Waals surface area contributed by atoms with Gasteiger partial charge in [0.15, 0.2) is 11.8 Å². The molecule has 0 heterocycles. The van der Waals surface area contributed by atoms with Crippen molar-refractivity contribution < 1.29 is 23.9 Å². The van der Waals surface area contributed by atoms with Gasteiger partial charge in [-0.05, 0) is 13.8 Å². The zero-order chi connectivity index (χ0) is 17.1. The number of carbonyl (C=O) groups excluding carboxylic acids is 4. The van der Waals surface area contributed by atoms with Crippen LogP contribution in [0.3, 0.4) is 0 Å². The summed E-state index contributed by atoms with van der Waals surface area (Å²) in [6.45, 7) is 2.84. The Morgan fingerprint density at radius 2 is 1.74 bits per heavy atom. The quantitative estimate of drug-likeness (QED) is 0.649. The average molecular weight is 336 g/mol. The summed E-state index contributed by atoms with van der Waals surface area (Å²) in [6, 6.07) is 4.79. The van der Waals surface area contributed by atoms with Crippen LogP contribution in [-0.4, -0.2) is 36.0 Å². The van der Waals surface area contributed by atoms with Gasteiger partial charge in [0, 0.05) is 11.1 Å². The predicted molar refractivity (Wildman–Crippen MR) is 82.2 cm³/mol. The molecule has 0 saturated heterocycles. The van der Waals surface area contributed by atoms with E-state index in [1.807, 2.05) is 0 Å². The third-order valence-electron chi connectivity index (χ3n) is 3.28. The van der Waals surface area contributed by atoms with E-state index < -0.39 is 29.4 Å². The number of nitrogens with one attached hydrogen (secondary N) is 1. The third-order valence-corrected chi connectivity index (χ3v) is 3.64. The smallest absolute Gasteiger partial charge is 0.336 e. The molecule has 0 aromatic heterocycles. The molecule has 1 atom stereocenters. The van der Waals surface area contributed by atoms with Crippen molar-refractivity contribution in [1.82, 2.24) is 5.32 Å². The summed E-state index contributed by atoms with van der Waals surface area (Å²) in [7, 11) is 0. The fraction of sp³-hybridized carbons (Fsp3) is 0.250. The number of Topliss-reactive ketones (excluding diaryl/α,β-unsaturated/α-hetero) is 3. The highest BCUT2D eigenvalue weighted by Gasteiger charge is 2.35. The summed E-state index contributed by atoms with van der Waals surface area (Å²) in [5.74, 6) is -2.49. The molecule has 0 amide bonds. The molecule has 0 aliphatic heterocycles. The highest BCUT2D eigenvalue weighted by Crippen LogP contribution is 2.27. The van der Waals surface area contributed by atoms with Crippen LogP contribution in [0.5, 0.6) is 0 Å². The first kappa shape index (κ1) is 16.9. The largest absolute Gasteiger partial charge is 0.464 e. The molecule has 0 saturated carbocycles. The Hall–Kier alpha value is -2.47. The number of fused-ring (bicyclic) bond motifs is 1. The number of benzene rings is 1. The highest BCUT2D eigenvalue weighted by atomic mass is 35.5. The first-order valence-corrected chi connectivity index (χ1v) is 7.28. The SMILES string of the molecule is CCOC(=O)C(NC1=C(Cl)C(=O)c2ccccc2C1=O)C(C)=O. The second kappa shape index (κ2) is 6.75. The van der Waals surface area contributed by atoms with Gasteiger partial charge in [-0.1, -0.05) is 35.9 Å². The van der Waals surface area contributed by atoms with Crippen molar-refractivity contribution in [2.24, 2.45) is 0 Å². The molecule has 7 heteroatoms. The van der Waals surface area contributed by atoms with E-state index in [4.69, 9.17) is 16.3 Å². The number of esters is 1. The number of ether oxygens (including phenoxy) is 1. The number of allylic oxidation sites excluding steroid dienone is 2. The predicted octanol–water partition coefficient (Wildman–Crippen LogP) is 1.63. The van der Waals surface area contributed by atoms with Crippen molar-refractivity contribution in [2.45, 2.75) is 19.9 Å². The molecule has 1 aromatic rings. The molecule has 1 aromatic carbocycles. The molecule has 1 aliphatic carbocycles. The summed E-state index contributed by atoms with van der Waals surface area (Å²) in [5, 5.41) is 2.11. The molecule has 6 nitrogen and oxygen atoms in total. The van der Waals surface area contributed by atoms with Crippen molar-refractivity contribution in [3.63, 3.8) is 0 Å². The normalized spacial score (nSPS) is 15.1. The maximum Gasteiger partial charge on any atom is 0.336 e. The Morgan fingerprint density at radius 1 is 1.17 bits per heavy atom. The van der Waals surface area contributed by atoms with Gasteiger partial charge < -0.3 is 10.1 Å². The third kappa shape index (κ3) is 3.17. The maximum absolute atomic E-state index is 12.5. The molecule has 0 bridgehead atoms. The first-order chi connectivity index (χ1) is 10.9. The number of hydrogen-bond donors (Lipinski definition) is 1. The topological polar surface area (TPSA) is 89.5 Å². The fourth-order valence-corrected chi connectivity index (χ4v) is 2.41. The van der Waals surface area contributed by atoms with Gasteiger partial charge in [-0.25, -0.2) is 4.79 Å². The number of hydrogen-bond acceptors (Lipinski definition) is 6. The molecular formula is C16H14ClNO5. The van der Waals surface area contributed by atoms with Gasteiger partial charge in [0.2, 0.25) is 11.6 Å². The minimum atomic E-state index is -1.40. The lowest BCUT2D eigenvalue weighted by Gasteiger charge is -2.22. The van der Waals surface area contributed by atoms with Crippen LogP contribution in [0, 0.1) is 0 Å². The molecule has 2 rings (SSSR count). The Balaban J connectivity index is 2.40. The summed E-state index contributed by atoms with van der Waals surface area (Å²) in [5.41, 5.74) is 0.0720. The molecule has 1 unspecified atom stereocenters. The van der Waals surface area contributed by atoms with Gasteiger partial charge in [-0.3, -0.25) is 14.4 Å². The summed E-state index contributed by atoms with van der Waals surface area (Å²) in [6.07, 6.45) is 0. The zero-order valence-electron chi connectivity index (χ0n) is 12.5. The summed E-state index contributed by atoms with van der Waals surface area (Å²) >= 11 is 5.97. The molecular weight excluding hydrogens is 322 g/mol. The van der Waals surface area contributed by atoms with Crippen molar-refractivity contribution in [2.75, 3.05) is 6.61 Å². The summed E-state index contributed by atoms with van der Waals surface area (Å²) in [4.78, 5) is 48.2. The Kier molecular flexibility index (Phi) is 4.95. The van der Waals surface area contributed by atoms with Gasteiger partial charge in [-0.15, -0.1) is 0 Å². The molecule has 120 valence electrons. The van der Waals surface area contributed by atoms with E-state index in [1.54, 1.807) is 19.1 Å². The highest BCUT2D eigenvalue weighted by molar-refractivity contribution is 6.50. The van der Waals surface area contributed by atoms with Crippen LogP contribution in [0.15, 0.2) is 35.0 Å². The molecule has 1 N–H and O–H groups in total. The molecule has 0 spiro atoms. The lowest BCUT2D eigenvalue weighted by atomic mass is 9.92. The zero-order valence-corrected chi connectivity index (χ0v) is 13.3. The van der Waals surface area contributed by atoms with Crippen LogP contribution >= 0.6 is 11.6 Å². The standard InChI is InChI=1S/C16H14ClNO5/c1-3-23-16(22)12(8(2)19)18-13-11(17)14(20)9-6-4-5-7-10(9)15(13)21/h4-7,12,18H,3H2,1-2H3. The Bertz CT molecular complexity index is 738. The van der Waals surface area contributed by atoms with E-state index in [0.29, 0.717) is 0 Å². The molecule has 1 aliphatic rings. The van der Waals surface area contributed by atoms with Gasteiger partial charge in [-0.2, -0.15) is 0 Å². The summed E-state index contributed by atoms with van der Waals surface area (Å²) < 4.78 is 4.79. The Labute approximate surface area is 137 Å². The Morgan fingerprint density at radius 3 is 2.26 bits per heavy atom. The lowest BCUT2D eigenvalue weighted by molar-refractivity contribution is -0.148. The van der Waals surface area contributed by atoms with Crippen molar-refractivity contribution in [1.29, 1.82) is 0 Å². The van der Waals surface area contributed by atoms with E-state index in [1.165, 1.54) is 19.1 Å². The molecule has 0 fully saturated rings. The van der Waals surface area contributed by atoms with Crippen molar-refractivity contribution in [3.05, 3.63) is 46.1 Å². The van der Waals surface area contributed by atoms with E-state index in [2.05, 4.69) is 5.32 Å². The first-order valence-electron chi connectivity index (χ1n) is 6.90. The van der Waals surface area contributed by atoms with Crippen LogP contribution in [0.4, 0.5) is 0 Å². The van der Waals surface area contributed by atoms with Crippen LogP contribution in [0.2, 0.25) is 0 Å². The van der Waals surface area contributed by atoms with Crippen LogP contribution in [0.1, 0.15) is 34.6 Å². The monoisotopic (exact) mass is 335 g/mol. The van der Waals surface area contributed by atoms with Gasteiger partial charge in [0.05, 0.1) is 6.61 Å². The minimum absolute atomic E-state index is 0.0762. The van der Waals surface area contributed by atoms with E-state index >= 15 is 0 Å². The molecule has 0 radical (unpaired) electrons. The average Bonchev–Trinajstić information content (AvgIpc) is 2.52. The number of halogens is 1. The van der Waals surface area contributed by atoms with Crippen molar-refractivity contribution in [3.8, 4) is 0 Å². The fourth-order valence-electron chi connectivity index (χ4n) is 2.17. The van der Waals surface area contributed by atoms with Crippen molar-refractivity contribution >= 4 is 34.9 Å². The van der Waals surface area contributed by atoms with Crippen LogP contribution in [-0.2, 0) is 14.3 Å². The lowest BCUT2D eigenvalue weighted by Crippen LogP contribution is -2.45. The number of rotatable bonds is 5. The second-order valence-corrected chi connectivity index (χ2v) is 5.21. The van der Waals surface area contributed by atoms with E-state index in [0.717, 1.165) is 0 Å². The van der Waals surface area contributed by atoms with Crippen LogP contribution < -0.4 is 5.32 Å². The van der Waals surface area contributed by atoms with Gasteiger partial charge in [0.25, 0.3) is 0 Å². The number of carbonyl (C=O) groups is 4.